The first-order chi connectivity index (χ1) is 16.1. The minimum atomic E-state index is -2.74. The Morgan fingerprint density at radius 1 is 1.15 bits per heavy atom. The summed E-state index contributed by atoms with van der Waals surface area (Å²) in [5, 5.41) is 14.8. The van der Waals surface area contributed by atoms with E-state index in [2.05, 4.69) is 30.6 Å². The van der Waals surface area contributed by atoms with Crippen LogP contribution in [0.15, 0.2) is 29.0 Å². The Hall–Kier alpha value is -3.67. The fraction of sp³-hybridized carbons (Fsp3) is 0.381. The van der Waals surface area contributed by atoms with Crippen molar-refractivity contribution in [2.45, 2.75) is 25.2 Å². The third-order valence-electron chi connectivity index (χ3n) is 5.98. The summed E-state index contributed by atoms with van der Waals surface area (Å²) in [6, 6.07) is 4.93. The zero-order valence-electron chi connectivity index (χ0n) is 17.4. The molecule has 1 aliphatic heterocycles. The number of anilines is 2. The van der Waals surface area contributed by atoms with E-state index in [1.54, 1.807) is 6.07 Å². The largest absolute Gasteiger partial charge is 0.378 e. The van der Waals surface area contributed by atoms with Crippen molar-refractivity contribution in [3.63, 3.8) is 0 Å². The van der Waals surface area contributed by atoms with Crippen LogP contribution in [0.3, 0.4) is 0 Å². The van der Waals surface area contributed by atoms with E-state index in [9.17, 15) is 13.6 Å². The van der Waals surface area contributed by atoms with Crippen LogP contribution >= 0.6 is 0 Å². The number of aromatic nitrogens is 5. The van der Waals surface area contributed by atoms with Gasteiger partial charge in [0, 0.05) is 24.7 Å². The van der Waals surface area contributed by atoms with E-state index in [1.165, 1.54) is 12.3 Å². The smallest absolute Gasteiger partial charge is 0.280 e. The molecule has 4 heterocycles. The number of nitrogens with zero attached hydrogens (tertiary/aromatic N) is 6. The minimum absolute atomic E-state index is 0.0984. The molecule has 6 rings (SSSR count). The number of hydrogen-bond donors (Lipinski definition) is 1. The van der Waals surface area contributed by atoms with Crippen LogP contribution in [0.1, 0.15) is 46.9 Å². The lowest BCUT2D eigenvalue weighted by atomic mass is 10.2. The second kappa shape index (κ2) is 7.73. The van der Waals surface area contributed by atoms with Crippen LogP contribution in [0.5, 0.6) is 0 Å². The Bertz CT molecular complexity index is 1360. The van der Waals surface area contributed by atoms with Gasteiger partial charge >= 0.3 is 0 Å². The first kappa shape index (κ1) is 20.0. The van der Waals surface area contributed by atoms with E-state index in [0.717, 1.165) is 23.0 Å². The number of halogens is 2. The highest BCUT2D eigenvalue weighted by atomic mass is 19.3. The molecule has 4 aromatic rings. The van der Waals surface area contributed by atoms with Crippen molar-refractivity contribution in [1.29, 1.82) is 0 Å². The van der Waals surface area contributed by atoms with E-state index in [1.807, 2.05) is 6.07 Å². The summed E-state index contributed by atoms with van der Waals surface area (Å²) >= 11 is 0. The zero-order valence-corrected chi connectivity index (χ0v) is 17.4. The van der Waals surface area contributed by atoms with Gasteiger partial charge in [-0.3, -0.25) is 4.79 Å². The maximum Gasteiger partial charge on any atom is 0.280 e. The van der Waals surface area contributed by atoms with Crippen LogP contribution < -0.4 is 10.2 Å². The number of alkyl halides is 2. The van der Waals surface area contributed by atoms with Crippen molar-refractivity contribution in [2.24, 2.45) is 0 Å². The first-order valence-corrected chi connectivity index (χ1v) is 10.7. The molecule has 2 fully saturated rings. The van der Waals surface area contributed by atoms with Gasteiger partial charge in [-0.25, -0.2) is 22.9 Å². The number of rotatable bonds is 5. The molecule has 0 spiro atoms. The van der Waals surface area contributed by atoms with E-state index in [0.29, 0.717) is 48.7 Å². The topological polar surface area (TPSA) is 111 Å². The van der Waals surface area contributed by atoms with E-state index < -0.39 is 12.3 Å². The second-order valence-corrected chi connectivity index (χ2v) is 8.12. The van der Waals surface area contributed by atoms with Crippen molar-refractivity contribution in [2.75, 3.05) is 36.5 Å². The molecule has 0 radical (unpaired) electrons. The summed E-state index contributed by atoms with van der Waals surface area (Å²) in [6.07, 6.45) is 0.306. The van der Waals surface area contributed by atoms with Crippen LogP contribution in [0, 0.1) is 0 Å². The van der Waals surface area contributed by atoms with Gasteiger partial charge in [-0.2, -0.15) is 5.10 Å². The molecule has 33 heavy (non-hydrogen) atoms. The number of amides is 1. The molecule has 0 unspecified atom stereocenters. The summed E-state index contributed by atoms with van der Waals surface area (Å²) in [7, 11) is 0. The second-order valence-electron chi connectivity index (χ2n) is 8.12. The normalized spacial score (nSPS) is 16.8. The Morgan fingerprint density at radius 3 is 2.70 bits per heavy atom. The molecule has 2 aliphatic rings. The third kappa shape index (κ3) is 3.46. The van der Waals surface area contributed by atoms with Gasteiger partial charge in [0.05, 0.1) is 30.8 Å². The maximum absolute atomic E-state index is 13.6. The standard InChI is InChI=1S/C21H19F2N7O3/c22-19(23)16-9-14(11-1-2-11)25-20-12(10-24-30(16)20)21(31)26-13-3-4-15(18-17(13)27-33-28-18)29-5-7-32-8-6-29/h3-4,9-11,19H,1-2,5-8H2,(H,26,31). The molecular formula is C21H19F2N7O3. The summed E-state index contributed by atoms with van der Waals surface area (Å²) in [6.45, 7) is 2.63. The number of carbonyl (C=O) groups excluding carboxylic acids is 1. The van der Waals surface area contributed by atoms with Gasteiger partial charge < -0.3 is 15.0 Å². The molecule has 1 saturated carbocycles. The summed E-state index contributed by atoms with van der Waals surface area (Å²) in [4.78, 5) is 19.7. The fourth-order valence-electron chi connectivity index (χ4n) is 4.11. The van der Waals surface area contributed by atoms with Crippen molar-refractivity contribution in [3.8, 4) is 0 Å². The number of fused-ring (bicyclic) bond motifs is 2. The highest BCUT2D eigenvalue weighted by Gasteiger charge is 2.29. The van der Waals surface area contributed by atoms with E-state index in [-0.39, 0.29) is 22.8 Å². The van der Waals surface area contributed by atoms with Crippen molar-refractivity contribution >= 4 is 34.0 Å². The van der Waals surface area contributed by atoms with Crippen LogP contribution in [0.25, 0.3) is 16.7 Å². The number of hydrogen-bond acceptors (Lipinski definition) is 8. The number of benzene rings is 1. The molecular weight excluding hydrogens is 436 g/mol. The first-order valence-electron chi connectivity index (χ1n) is 10.7. The van der Waals surface area contributed by atoms with Gasteiger partial charge in [0.15, 0.2) is 16.7 Å². The van der Waals surface area contributed by atoms with Crippen molar-refractivity contribution in [3.05, 3.63) is 41.3 Å². The summed E-state index contributed by atoms with van der Waals surface area (Å²) < 4.78 is 38.6. The Labute approximate surface area is 185 Å². The van der Waals surface area contributed by atoms with Crippen LogP contribution in [0.2, 0.25) is 0 Å². The van der Waals surface area contributed by atoms with Gasteiger partial charge in [-0.05, 0) is 41.4 Å². The van der Waals surface area contributed by atoms with Gasteiger partial charge in [-0.15, -0.1) is 0 Å². The Balaban J connectivity index is 1.35. The highest BCUT2D eigenvalue weighted by molar-refractivity contribution is 6.11. The predicted molar refractivity (Wildman–Crippen MR) is 113 cm³/mol. The molecule has 1 saturated heterocycles. The van der Waals surface area contributed by atoms with Crippen LogP contribution in [-0.2, 0) is 4.74 Å². The number of carbonyl (C=O) groups is 1. The molecule has 1 amide bonds. The van der Waals surface area contributed by atoms with Gasteiger partial charge in [-0.1, -0.05) is 0 Å². The SMILES string of the molecule is O=C(Nc1ccc(N2CCOCC2)c2nonc12)c1cnn2c(C(F)F)cc(C3CC3)nc12. The minimum Gasteiger partial charge on any atom is -0.378 e. The summed E-state index contributed by atoms with van der Waals surface area (Å²) in [5.41, 5.74) is 2.62. The van der Waals surface area contributed by atoms with E-state index >= 15 is 0 Å². The lowest BCUT2D eigenvalue weighted by Crippen LogP contribution is -2.36. The molecule has 1 aromatic carbocycles. The number of ether oxygens (including phenoxy) is 1. The number of nitrogens with one attached hydrogen (secondary N) is 1. The molecule has 3 aromatic heterocycles. The highest BCUT2D eigenvalue weighted by Crippen LogP contribution is 2.40. The average Bonchev–Trinajstić information content (AvgIpc) is 3.39. The maximum atomic E-state index is 13.6. The van der Waals surface area contributed by atoms with Gasteiger partial charge in [0.1, 0.15) is 11.3 Å². The molecule has 12 heteroatoms. The number of morpholine rings is 1. The van der Waals surface area contributed by atoms with Crippen molar-refractivity contribution < 1.29 is 22.9 Å². The lowest BCUT2D eigenvalue weighted by molar-refractivity contribution is 0.102. The zero-order chi connectivity index (χ0) is 22.5. The Kier molecular flexibility index (Phi) is 4.68. The predicted octanol–water partition coefficient (Wildman–Crippen LogP) is 3.17. The van der Waals surface area contributed by atoms with Gasteiger partial charge in [0.2, 0.25) is 0 Å². The molecule has 10 nitrogen and oxygen atoms in total. The molecule has 0 atom stereocenters. The molecule has 1 N–H and O–H groups in total. The van der Waals surface area contributed by atoms with E-state index in [4.69, 9.17) is 9.37 Å². The monoisotopic (exact) mass is 455 g/mol. The molecule has 170 valence electrons. The summed E-state index contributed by atoms with van der Waals surface area (Å²) in [5.74, 6) is -0.388. The molecule has 0 bridgehead atoms. The Morgan fingerprint density at radius 2 is 1.94 bits per heavy atom. The lowest BCUT2D eigenvalue weighted by Gasteiger charge is -2.28. The third-order valence-corrected chi connectivity index (χ3v) is 5.98. The van der Waals surface area contributed by atoms with Crippen molar-refractivity contribution in [1.82, 2.24) is 24.9 Å². The quantitative estimate of drug-likeness (QED) is 0.489. The average molecular weight is 455 g/mol. The fourth-order valence-corrected chi connectivity index (χ4v) is 4.11. The molecule has 1 aliphatic carbocycles. The van der Waals surface area contributed by atoms with Crippen LogP contribution in [-0.4, -0.2) is 57.1 Å². The van der Waals surface area contributed by atoms with Crippen LogP contribution in [0.4, 0.5) is 20.2 Å². The van der Waals surface area contributed by atoms with Gasteiger partial charge in [0.25, 0.3) is 12.3 Å².